The largest absolute Gasteiger partial charge is 0.379 e. The summed E-state index contributed by atoms with van der Waals surface area (Å²) in [7, 11) is 0. The van der Waals surface area contributed by atoms with Gasteiger partial charge < -0.3 is 4.74 Å². The van der Waals surface area contributed by atoms with Gasteiger partial charge in [-0.25, -0.2) is 5.10 Å². The van der Waals surface area contributed by atoms with Gasteiger partial charge in [0, 0.05) is 13.0 Å². The van der Waals surface area contributed by atoms with Gasteiger partial charge in [0.1, 0.15) is 5.82 Å². The van der Waals surface area contributed by atoms with Crippen molar-refractivity contribution in [3.63, 3.8) is 0 Å². The third-order valence-electron chi connectivity index (χ3n) is 2.46. The van der Waals surface area contributed by atoms with Crippen LogP contribution in [0.4, 0.5) is 0 Å². The zero-order chi connectivity index (χ0) is 11.6. The maximum absolute atomic E-state index is 5.67. The van der Waals surface area contributed by atoms with Gasteiger partial charge in [0.2, 0.25) is 0 Å². The van der Waals surface area contributed by atoms with E-state index in [4.69, 9.17) is 4.74 Å². The van der Waals surface area contributed by atoms with Gasteiger partial charge in [-0.15, -0.1) is 5.10 Å². The first kappa shape index (κ1) is 13.1. The van der Waals surface area contributed by atoms with Crippen LogP contribution in [0.1, 0.15) is 44.9 Å². The maximum atomic E-state index is 5.67. The molecule has 0 aliphatic carbocycles. The van der Waals surface area contributed by atoms with Crippen molar-refractivity contribution in [3.8, 4) is 0 Å². The number of nitrogens with zero attached hydrogens (tertiary/aromatic N) is 3. The summed E-state index contributed by atoms with van der Waals surface area (Å²) < 4.78 is 5.67. The minimum atomic E-state index is 0.355. The van der Waals surface area contributed by atoms with Crippen LogP contribution in [-0.4, -0.2) is 33.3 Å². The van der Waals surface area contributed by atoms with Gasteiger partial charge in [-0.2, -0.15) is 0 Å². The molecule has 1 atom stereocenters. The summed E-state index contributed by atoms with van der Waals surface area (Å²) in [5.41, 5.74) is 0. The van der Waals surface area contributed by atoms with Gasteiger partial charge in [0.05, 0.1) is 6.10 Å². The molecule has 1 heterocycles. The van der Waals surface area contributed by atoms with Crippen molar-refractivity contribution in [1.29, 1.82) is 0 Å². The lowest BCUT2D eigenvalue weighted by atomic mass is 10.2. The minimum Gasteiger partial charge on any atom is -0.379 e. The van der Waals surface area contributed by atoms with E-state index in [-0.39, 0.29) is 0 Å². The highest BCUT2D eigenvalue weighted by Gasteiger charge is 2.01. The third kappa shape index (κ3) is 5.80. The van der Waals surface area contributed by atoms with E-state index in [0.717, 1.165) is 51.0 Å². The molecule has 0 spiro atoms. The number of nitrogens with one attached hydrogen (secondary N) is 1. The van der Waals surface area contributed by atoms with Crippen molar-refractivity contribution < 1.29 is 4.74 Å². The summed E-state index contributed by atoms with van der Waals surface area (Å²) in [6.45, 7) is 6.76. The van der Waals surface area contributed by atoms with Crippen molar-refractivity contribution in [3.05, 3.63) is 12.7 Å². The third-order valence-corrected chi connectivity index (χ3v) is 2.46. The summed E-state index contributed by atoms with van der Waals surface area (Å²) >= 11 is 0. The summed E-state index contributed by atoms with van der Waals surface area (Å²) in [6, 6.07) is 0. The molecule has 0 aliphatic heterocycles. The molecule has 0 fully saturated rings. The Balaban J connectivity index is 1.91. The van der Waals surface area contributed by atoms with E-state index in [2.05, 4.69) is 34.5 Å². The number of aromatic amines is 1. The molecule has 0 aliphatic rings. The van der Waals surface area contributed by atoms with Gasteiger partial charge >= 0.3 is 0 Å². The molecule has 0 bridgehead atoms. The van der Waals surface area contributed by atoms with Gasteiger partial charge in [0.25, 0.3) is 0 Å². The van der Waals surface area contributed by atoms with Crippen LogP contribution in [0.15, 0.2) is 0 Å². The molecule has 1 N–H and O–H groups in total. The second kappa shape index (κ2) is 8.21. The summed E-state index contributed by atoms with van der Waals surface area (Å²) in [6.07, 6.45) is 6.60. The van der Waals surface area contributed by atoms with Gasteiger partial charge in [-0.3, -0.25) is 0 Å². The molecular formula is C11H21N4O. The van der Waals surface area contributed by atoms with E-state index in [9.17, 15) is 0 Å². The number of rotatable bonds is 9. The molecule has 1 rings (SSSR count). The van der Waals surface area contributed by atoms with E-state index in [1.807, 2.05) is 0 Å². The van der Waals surface area contributed by atoms with Crippen molar-refractivity contribution in [2.75, 3.05) is 6.61 Å². The fourth-order valence-corrected chi connectivity index (χ4v) is 1.48. The Hall–Kier alpha value is -0.970. The predicted molar refractivity (Wildman–Crippen MR) is 61.7 cm³/mol. The van der Waals surface area contributed by atoms with E-state index >= 15 is 0 Å². The van der Waals surface area contributed by atoms with E-state index in [1.54, 1.807) is 0 Å². The maximum Gasteiger partial charge on any atom is 0.148 e. The molecule has 16 heavy (non-hydrogen) atoms. The van der Waals surface area contributed by atoms with Crippen LogP contribution < -0.4 is 0 Å². The fraction of sp³-hybridized carbons (Fsp3) is 0.818. The number of hydrogen-bond donors (Lipinski definition) is 1. The molecule has 91 valence electrons. The zero-order valence-corrected chi connectivity index (χ0v) is 9.98. The number of aromatic nitrogens is 4. The summed E-state index contributed by atoms with van der Waals surface area (Å²) in [5, 5.41) is 13.6. The fourth-order valence-electron chi connectivity index (χ4n) is 1.48. The smallest absolute Gasteiger partial charge is 0.148 e. The standard InChI is InChI=1S/C11H21N4O/c1-3-4-7-10(2)16-9-6-5-8-11-12-14-15-13-11/h10H,1,3-9H2,2H3,(H,12,13,14,15). The molecular weight excluding hydrogens is 204 g/mol. The number of hydrogen-bond acceptors (Lipinski definition) is 4. The molecule has 1 unspecified atom stereocenters. The van der Waals surface area contributed by atoms with E-state index in [1.165, 1.54) is 0 Å². The number of H-pyrrole nitrogens is 1. The molecule has 5 heteroatoms. The van der Waals surface area contributed by atoms with Crippen molar-refractivity contribution in [2.45, 2.75) is 51.6 Å². The molecule has 5 nitrogen and oxygen atoms in total. The molecule has 0 saturated carbocycles. The average molecular weight is 225 g/mol. The van der Waals surface area contributed by atoms with Crippen LogP contribution in [0.2, 0.25) is 0 Å². The van der Waals surface area contributed by atoms with E-state index < -0.39 is 0 Å². The lowest BCUT2D eigenvalue weighted by Crippen LogP contribution is -2.09. The Labute approximate surface area is 97.0 Å². The molecule has 1 aromatic heterocycles. The quantitative estimate of drug-likeness (QED) is 0.652. The summed E-state index contributed by atoms with van der Waals surface area (Å²) in [5.74, 6) is 0.852. The highest BCUT2D eigenvalue weighted by atomic mass is 16.5. The Kier molecular flexibility index (Phi) is 6.72. The average Bonchev–Trinajstić information content (AvgIpc) is 2.79. The van der Waals surface area contributed by atoms with Crippen LogP contribution in [0.3, 0.4) is 0 Å². The molecule has 0 saturated heterocycles. The number of unbranched alkanes of at least 4 members (excludes halogenated alkanes) is 2. The molecule has 1 radical (unpaired) electrons. The second-order valence-corrected chi connectivity index (χ2v) is 3.98. The number of ether oxygens (including phenoxy) is 1. The number of aryl methyl sites for hydroxylation is 1. The molecule has 1 aromatic rings. The van der Waals surface area contributed by atoms with E-state index in [0.29, 0.717) is 6.10 Å². The number of tetrazole rings is 1. The van der Waals surface area contributed by atoms with Crippen molar-refractivity contribution >= 4 is 0 Å². The van der Waals surface area contributed by atoms with Crippen molar-refractivity contribution in [1.82, 2.24) is 20.6 Å². The second-order valence-electron chi connectivity index (χ2n) is 3.98. The Morgan fingerprint density at radius 3 is 2.94 bits per heavy atom. The topological polar surface area (TPSA) is 63.7 Å². The first-order valence-corrected chi connectivity index (χ1v) is 5.96. The first-order valence-electron chi connectivity index (χ1n) is 5.96. The van der Waals surface area contributed by atoms with Crippen LogP contribution >= 0.6 is 0 Å². The Morgan fingerprint density at radius 1 is 1.38 bits per heavy atom. The predicted octanol–water partition coefficient (Wildman–Crippen LogP) is 1.93. The SMILES string of the molecule is [CH2]CCCC(C)OCCCCc1nnn[nH]1. The first-order chi connectivity index (χ1) is 7.83. The van der Waals surface area contributed by atoms with Crippen LogP contribution in [0.25, 0.3) is 0 Å². The van der Waals surface area contributed by atoms with Gasteiger partial charge in [0.15, 0.2) is 0 Å². The lowest BCUT2D eigenvalue weighted by Gasteiger charge is -2.11. The monoisotopic (exact) mass is 225 g/mol. The van der Waals surface area contributed by atoms with Crippen LogP contribution in [-0.2, 0) is 11.2 Å². The normalized spacial score (nSPS) is 12.9. The summed E-state index contributed by atoms with van der Waals surface area (Å²) in [4.78, 5) is 0. The Morgan fingerprint density at radius 2 is 2.25 bits per heavy atom. The van der Waals surface area contributed by atoms with Crippen LogP contribution in [0.5, 0.6) is 0 Å². The molecule has 0 aromatic carbocycles. The minimum absolute atomic E-state index is 0.355. The van der Waals surface area contributed by atoms with Gasteiger partial charge in [-0.05, 0) is 36.6 Å². The molecule has 0 amide bonds. The Bertz CT molecular complexity index is 250. The zero-order valence-electron chi connectivity index (χ0n) is 9.98. The van der Waals surface area contributed by atoms with Crippen molar-refractivity contribution in [2.24, 2.45) is 0 Å². The van der Waals surface area contributed by atoms with Gasteiger partial charge in [-0.1, -0.05) is 19.8 Å². The van der Waals surface area contributed by atoms with Crippen LogP contribution in [0, 0.1) is 6.92 Å². The highest BCUT2D eigenvalue weighted by Crippen LogP contribution is 2.05. The lowest BCUT2D eigenvalue weighted by molar-refractivity contribution is 0.0566. The highest BCUT2D eigenvalue weighted by molar-refractivity contribution is 4.74.